The molecule has 0 bridgehead atoms. The lowest BCUT2D eigenvalue weighted by atomic mass is 10.1. The summed E-state index contributed by atoms with van der Waals surface area (Å²) in [5.74, 6) is 0.0356. The first-order valence-electron chi connectivity index (χ1n) is 8.47. The van der Waals surface area contributed by atoms with Gasteiger partial charge in [-0.25, -0.2) is 13.2 Å². The third kappa shape index (κ3) is 2.61. The summed E-state index contributed by atoms with van der Waals surface area (Å²) in [5.41, 5.74) is 2.62. The fourth-order valence-electron chi connectivity index (χ4n) is 3.92. The average Bonchev–Trinajstić information content (AvgIpc) is 3.04. The number of urea groups is 1. The van der Waals surface area contributed by atoms with E-state index in [-0.39, 0.29) is 29.6 Å². The van der Waals surface area contributed by atoms with Crippen molar-refractivity contribution in [2.24, 2.45) is 0 Å². The molecule has 4 rings (SSSR count). The van der Waals surface area contributed by atoms with Crippen LogP contribution in [-0.2, 0) is 16.3 Å². The highest BCUT2D eigenvalue weighted by Crippen LogP contribution is 2.39. The molecule has 2 amide bonds. The average molecular weight is 356 g/mol. The van der Waals surface area contributed by atoms with Crippen LogP contribution in [0.1, 0.15) is 12.5 Å². The summed E-state index contributed by atoms with van der Waals surface area (Å²) in [6, 6.07) is 16.2. The molecule has 0 aliphatic carbocycles. The Morgan fingerprint density at radius 2 is 1.52 bits per heavy atom. The van der Waals surface area contributed by atoms with Crippen LogP contribution in [0, 0.1) is 0 Å². The number of sulfone groups is 1. The smallest absolute Gasteiger partial charge is 0.288 e. The van der Waals surface area contributed by atoms with Crippen molar-refractivity contribution in [3.8, 4) is 0 Å². The van der Waals surface area contributed by atoms with E-state index in [9.17, 15) is 13.2 Å². The Hall–Kier alpha value is -2.34. The van der Waals surface area contributed by atoms with Crippen molar-refractivity contribution < 1.29 is 13.2 Å². The number of carbonyl (C=O) groups is 1. The van der Waals surface area contributed by atoms with Gasteiger partial charge in [0.25, 0.3) is 0 Å². The van der Waals surface area contributed by atoms with Gasteiger partial charge >= 0.3 is 6.03 Å². The summed E-state index contributed by atoms with van der Waals surface area (Å²) >= 11 is 0. The minimum Gasteiger partial charge on any atom is -0.288 e. The van der Waals surface area contributed by atoms with Crippen molar-refractivity contribution in [2.45, 2.75) is 25.4 Å². The van der Waals surface area contributed by atoms with Gasteiger partial charge in [-0.05, 0) is 30.2 Å². The molecule has 2 aliphatic rings. The Morgan fingerprint density at radius 3 is 2.20 bits per heavy atom. The highest BCUT2D eigenvalue weighted by Gasteiger charge is 2.54. The van der Waals surface area contributed by atoms with Gasteiger partial charge in [0.2, 0.25) is 0 Å². The van der Waals surface area contributed by atoms with Gasteiger partial charge in [-0.1, -0.05) is 43.3 Å². The van der Waals surface area contributed by atoms with Crippen molar-refractivity contribution >= 4 is 27.2 Å². The molecule has 2 saturated heterocycles. The number of anilines is 2. The van der Waals surface area contributed by atoms with E-state index in [1.807, 2.05) is 61.5 Å². The summed E-state index contributed by atoms with van der Waals surface area (Å²) in [7, 11) is -3.17. The fraction of sp³-hybridized carbons (Fsp3) is 0.316. The Labute approximate surface area is 147 Å². The highest BCUT2D eigenvalue weighted by molar-refractivity contribution is 7.91. The number of nitrogens with zero attached hydrogens (tertiary/aromatic N) is 2. The molecule has 130 valence electrons. The lowest BCUT2D eigenvalue weighted by molar-refractivity contribution is 0.255. The van der Waals surface area contributed by atoms with Crippen LogP contribution in [0.25, 0.3) is 0 Å². The minimum atomic E-state index is -3.17. The number of rotatable bonds is 3. The molecule has 2 heterocycles. The molecule has 0 radical (unpaired) electrons. The zero-order chi connectivity index (χ0) is 17.6. The summed E-state index contributed by atoms with van der Waals surface area (Å²) in [5, 5.41) is 0. The number of benzene rings is 2. The topological polar surface area (TPSA) is 57.7 Å². The molecule has 0 saturated carbocycles. The maximum atomic E-state index is 13.3. The first kappa shape index (κ1) is 16.1. The molecule has 5 nitrogen and oxygen atoms in total. The lowest BCUT2D eigenvalue weighted by Crippen LogP contribution is -2.38. The molecule has 2 aromatic carbocycles. The normalized spacial score (nSPS) is 24.6. The molecule has 2 atom stereocenters. The van der Waals surface area contributed by atoms with Gasteiger partial charge in [-0.15, -0.1) is 0 Å². The van der Waals surface area contributed by atoms with E-state index in [0.717, 1.165) is 23.4 Å². The molecular formula is C19H20N2O3S. The molecular weight excluding hydrogens is 336 g/mol. The number of hydrogen-bond donors (Lipinski definition) is 0. The summed E-state index contributed by atoms with van der Waals surface area (Å²) in [6.45, 7) is 2.04. The molecule has 0 aromatic heterocycles. The van der Waals surface area contributed by atoms with E-state index in [1.54, 1.807) is 9.80 Å². The number of amides is 2. The lowest BCUT2D eigenvalue weighted by Gasteiger charge is -2.24. The van der Waals surface area contributed by atoms with Gasteiger partial charge in [-0.2, -0.15) is 0 Å². The SMILES string of the molecule is CCc1ccccc1N1C(=O)N(c2ccccc2)[C@@H]2CS(=O)(=O)C[C@@H]21. The van der Waals surface area contributed by atoms with Gasteiger partial charge in [0.05, 0.1) is 23.6 Å². The van der Waals surface area contributed by atoms with Crippen molar-refractivity contribution in [1.29, 1.82) is 0 Å². The Kier molecular flexibility index (Phi) is 3.80. The van der Waals surface area contributed by atoms with Crippen LogP contribution in [0.4, 0.5) is 16.2 Å². The van der Waals surface area contributed by atoms with Crippen molar-refractivity contribution in [1.82, 2.24) is 0 Å². The van der Waals surface area contributed by atoms with E-state index < -0.39 is 9.84 Å². The zero-order valence-electron chi connectivity index (χ0n) is 14.0. The Balaban J connectivity index is 1.84. The van der Waals surface area contributed by atoms with Crippen LogP contribution in [0.3, 0.4) is 0 Å². The number of aryl methyl sites for hydroxylation is 1. The highest BCUT2D eigenvalue weighted by atomic mass is 32.2. The molecule has 0 spiro atoms. The maximum absolute atomic E-state index is 13.3. The van der Waals surface area contributed by atoms with Gasteiger partial charge in [-0.3, -0.25) is 9.80 Å². The first-order chi connectivity index (χ1) is 12.0. The Morgan fingerprint density at radius 1 is 0.920 bits per heavy atom. The van der Waals surface area contributed by atoms with E-state index in [1.165, 1.54) is 0 Å². The third-order valence-corrected chi connectivity index (χ3v) is 6.73. The van der Waals surface area contributed by atoms with Gasteiger partial charge in [0, 0.05) is 11.4 Å². The van der Waals surface area contributed by atoms with E-state index in [2.05, 4.69) is 0 Å². The molecule has 0 unspecified atom stereocenters. The summed E-state index contributed by atoms with van der Waals surface area (Å²) in [6.07, 6.45) is 0.787. The van der Waals surface area contributed by atoms with Crippen molar-refractivity contribution in [2.75, 3.05) is 21.3 Å². The van der Waals surface area contributed by atoms with Crippen molar-refractivity contribution in [3.63, 3.8) is 0 Å². The van der Waals surface area contributed by atoms with Crippen LogP contribution >= 0.6 is 0 Å². The number of para-hydroxylation sites is 2. The van der Waals surface area contributed by atoms with Crippen LogP contribution in [-0.4, -0.2) is 38.0 Å². The second-order valence-electron chi connectivity index (χ2n) is 6.55. The van der Waals surface area contributed by atoms with E-state index in [4.69, 9.17) is 0 Å². The number of hydrogen-bond acceptors (Lipinski definition) is 3. The van der Waals surface area contributed by atoms with Gasteiger partial charge in [0.1, 0.15) is 0 Å². The molecule has 0 N–H and O–H groups in total. The zero-order valence-corrected chi connectivity index (χ0v) is 14.8. The third-order valence-electron chi connectivity index (χ3n) is 5.04. The molecule has 2 aromatic rings. The maximum Gasteiger partial charge on any atom is 0.329 e. The molecule has 6 heteroatoms. The van der Waals surface area contributed by atoms with Crippen molar-refractivity contribution in [3.05, 3.63) is 60.2 Å². The minimum absolute atomic E-state index is 0.0170. The Bertz CT molecular complexity index is 911. The number of fused-ring (bicyclic) bond motifs is 1. The second kappa shape index (κ2) is 5.88. The predicted octanol–water partition coefficient (Wildman–Crippen LogP) is 2.86. The van der Waals surface area contributed by atoms with E-state index in [0.29, 0.717) is 0 Å². The quantitative estimate of drug-likeness (QED) is 0.795. The first-order valence-corrected chi connectivity index (χ1v) is 10.3. The van der Waals surface area contributed by atoms with Gasteiger partial charge in [0.15, 0.2) is 9.84 Å². The molecule has 2 aliphatic heterocycles. The van der Waals surface area contributed by atoms with Gasteiger partial charge < -0.3 is 0 Å². The van der Waals surface area contributed by atoms with E-state index >= 15 is 0 Å². The molecule has 25 heavy (non-hydrogen) atoms. The summed E-state index contributed by atoms with van der Waals surface area (Å²) in [4.78, 5) is 16.6. The number of carbonyl (C=O) groups excluding carboxylic acids is 1. The largest absolute Gasteiger partial charge is 0.329 e. The van der Waals surface area contributed by atoms with Crippen LogP contribution < -0.4 is 9.80 Å². The standard InChI is InChI=1S/C19H20N2O3S/c1-2-14-8-6-7-11-16(14)21-18-13-25(23,24)12-17(18)20(19(21)22)15-9-4-3-5-10-15/h3-11,17-18H,2,12-13H2,1H3/t17-,18+/m1/s1. The second-order valence-corrected chi connectivity index (χ2v) is 8.71. The van der Waals surface area contributed by atoms with Crippen LogP contribution in [0.15, 0.2) is 54.6 Å². The monoisotopic (exact) mass is 356 g/mol. The fourth-order valence-corrected chi connectivity index (χ4v) is 5.84. The summed E-state index contributed by atoms with van der Waals surface area (Å²) < 4.78 is 24.6. The van der Waals surface area contributed by atoms with Crippen LogP contribution in [0.2, 0.25) is 0 Å². The molecule has 2 fully saturated rings. The van der Waals surface area contributed by atoms with Crippen LogP contribution in [0.5, 0.6) is 0 Å². The predicted molar refractivity (Wildman–Crippen MR) is 98.8 cm³/mol.